The molecule has 0 aliphatic carbocycles. The van der Waals surface area contributed by atoms with E-state index in [1.807, 2.05) is 13.8 Å². The van der Waals surface area contributed by atoms with E-state index in [0.717, 1.165) is 6.42 Å². The van der Waals surface area contributed by atoms with Crippen LogP contribution in [0.3, 0.4) is 0 Å². The Bertz CT molecular complexity index is 508. The number of aryl methyl sites for hydroxylation is 1. The average Bonchev–Trinajstić information content (AvgIpc) is 2.68. The SMILES string of the molecule is CCCn1cc(S(=O)(=O)NCC(C)C(C)C)c(N)n1. The van der Waals surface area contributed by atoms with Gasteiger partial charge in [-0.25, -0.2) is 13.1 Å². The third-order valence-electron chi connectivity index (χ3n) is 3.23. The van der Waals surface area contributed by atoms with Gasteiger partial charge in [-0.15, -0.1) is 0 Å². The van der Waals surface area contributed by atoms with Crippen LogP contribution in [0.25, 0.3) is 0 Å². The van der Waals surface area contributed by atoms with E-state index < -0.39 is 10.0 Å². The highest BCUT2D eigenvalue weighted by Crippen LogP contribution is 2.17. The average molecular weight is 288 g/mol. The summed E-state index contributed by atoms with van der Waals surface area (Å²) in [6, 6.07) is 0. The minimum atomic E-state index is -3.58. The molecule has 1 unspecified atom stereocenters. The van der Waals surface area contributed by atoms with E-state index in [9.17, 15) is 8.42 Å². The molecule has 19 heavy (non-hydrogen) atoms. The van der Waals surface area contributed by atoms with Crippen molar-refractivity contribution in [3.63, 3.8) is 0 Å². The Labute approximate surface area is 115 Å². The predicted molar refractivity (Wildman–Crippen MR) is 76.1 cm³/mol. The van der Waals surface area contributed by atoms with Gasteiger partial charge in [0.05, 0.1) is 0 Å². The first-order chi connectivity index (χ1) is 8.77. The summed E-state index contributed by atoms with van der Waals surface area (Å²) in [6.07, 6.45) is 2.36. The van der Waals surface area contributed by atoms with Crippen LogP contribution in [0.1, 0.15) is 34.1 Å². The van der Waals surface area contributed by atoms with E-state index in [0.29, 0.717) is 19.0 Å². The van der Waals surface area contributed by atoms with E-state index >= 15 is 0 Å². The number of hydrogen-bond acceptors (Lipinski definition) is 4. The van der Waals surface area contributed by atoms with Gasteiger partial charge in [-0.2, -0.15) is 5.10 Å². The smallest absolute Gasteiger partial charge is 0.245 e. The lowest BCUT2D eigenvalue weighted by Gasteiger charge is -2.15. The van der Waals surface area contributed by atoms with E-state index in [1.165, 1.54) is 6.20 Å². The minimum absolute atomic E-state index is 0.0538. The Morgan fingerprint density at radius 1 is 1.42 bits per heavy atom. The lowest BCUT2D eigenvalue weighted by Crippen LogP contribution is -2.30. The molecule has 1 aromatic rings. The number of nitrogen functional groups attached to an aromatic ring is 1. The summed E-state index contributed by atoms with van der Waals surface area (Å²) < 4.78 is 28.5. The predicted octanol–water partition coefficient (Wildman–Crippen LogP) is 1.45. The summed E-state index contributed by atoms with van der Waals surface area (Å²) in [5.41, 5.74) is 5.67. The van der Waals surface area contributed by atoms with Crippen molar-refractivity contribution >= 4 is 15.8 Å². The summed E-state index contributed by atoms with van der Waals surface area (Å²) >= 11 is 0. The molecule has 6 nitrogen and oxygen atoms in total. The fourth-order valence-electron chi connectivity index (χ4n) is 1.52. The van der Waals surface area contributed by atoms with Crippen LogP contribution in [0.4, 0.5) is 5.82 Å². The van der Waals surface area contributed by atoms with Crippen molar-refractivity contribution in [3.8, 4) is 0 Å². The molecule has 1 rings (SSSR count). The maximum atomic E-state index is 12.2. The largest absolute Gasteiger partial charge is 0.381 e. The van der Waals surface area contributed by atoms with E-state index in [2.05, 4.69) is 23.7 Å². The van der Waals surface area contributed by atoms with Gasteiger partial charge in [0.25, 0.3) is 0 Å². The summed E-state index contributed by atoms with van der Waals surface area (Å²) in [7, 11) is -3.58. The normalized spacial score (nSPS) is 13.9. The van der Waals surface area contributed by atoms with Crippen LogP contribution in [-0.2, 0) is 16.6 Å². The standard InChI is InChI=1S/C12H24N4O2S/c1-5-6-16-8-11(12(13)15-16)19(17,18)14-7-10(4)9(2)3/h8-10,14H,5-7H2,1-4H3,(H2,13,15). The van der Waals surface area contributed by atoms with Gasteiger partial charge in [-0.05, 0) is 18.3 Å². The highest BCUT2D eigenvalue weighted by molar-refractivity contribution is 7.89. The first-order valence-electron chi connectivity index (χ1n) is 6.60. The first kappa shape index (κ1) is 16.0. The minimum Gasteiger partial charge on any atom is -0.381 e. The fourth-order valence-corrected chi connectivity index (χ4v) is 2.74. The molecule has 0 aliphatic heterocycles. The summed E-state index contributed by atoms with van der Waals surface area (Å²) in [4.78, 5) is 0.0666. The van der Waals surface area contributed by atoms with Gasteiger partial charge in [0, 0.05) is 19.3 Å². The summed E-state index contributed by atoms with van der Waals surface area (Å²) in [5.74, 6) is 0.739. The van der Waals surface area contributed by atoms with Gasteiger partial charge >= 0.3 is 0 Å². The topological polar surface area (TPSA) is 90.0 Å². The van der Waals surface area contributed by atoms with E-state index in [4.69, 9.17) is 5.73 Å². The maximum absolute atomic E-state index is 12.2. The molecule has 0 saturated heterocycles. The Balaban J connectivity index is 2.82. The van der Waals surface area contributed by atoms with Crippen LogP contribution in [0.5, 0.6) is 0 Å². The quantitative estimate of drug-likeness (QED) is 0.794. The molecule has 0 spiro atoms. The second kappa shape index (κ2) is 6.38. The van der Waals surface area contributed by atoms with Crippen LogP contribution in [0, 0.1) is 11.8 Å². The van der Waals surface area contributed by atoms with Gasteiger partial charge in [-0.1, -0.05) is 27.7 Å². The monoisotopic (exact) mass is 288 g/mol. The molecular weight excluding hydrogens is 264 g/mol. The molecular formula is C12H24N4O2S. The maximum Gasteiger partial charge on any atom is 0.245 e. The number of nitrogens with two attached hydrogens (primary N) is 1. The first-order valence-corrected chi connectivity index (χ1v) is 8.08. The number of nitrogens with zero attached hydrogens (tertiary/aromatic N) is 2. The van der Waals surface area contributed by atoms with Crippen molar-refractivity contribution < 1.29 is 8.42 Å². The van der Waals surface area contributed by atoms with E-state index in [1.54, 1.807) is 4.68 Å². The third-order valence-corrected chi connectivity index (χ3v) is 4.67. The summed E-state index contributed by atoms with van der Waals surface area (Å²) in [6.45, 7) is 9.19. The summed E-state index contributed by atoms with van der Waals surface area (Å²) in [5, 5.41) is 4.00. The van der Waals surface area contributed by atoms with Crippen LogP contribution < -0.4 is 10.5 Å². The highest BCUT2D eigenvalue weighted by Gasteiger charge is 2.22. The van der Waals surface area contributed by atoms with Crippen LogP contribution in [-0.4, -0.2) is 24.7 Å². The zero-order valence-corrected chi connectivity index (χ0v) is 12.9. The molecule has 0 saturated carbocycles. The molecule has 0 bridgehead atoms. The van der Waals surface area contributed by atoms with Crippen LogP contribution in [0.15, 0.2) is 11.1 Å². The fraction of sp³-hybridized carbons (Fsp3) is 0.750. The van der Waals surface area contributed by atoms with Gasteiger partial charge in [0.2, 0.25) is 10.0 Å². The Kier molecular flexibility index (Phi) is 5.37. The zero-order valence-electron chi connectivity index (χ0n) is 12.0. The molecule has 3 N–H and O–H groups in total. The van der Waals surface area contributed by atoms with Crippen LogP contribution in [0.2, 0.25) is 0 Å². The number of anilines is 1. The molecule has 0 aliphatic rings. The number of nitrogens with one attached hydrogen (secondary N) is 1. The van der Waals surface area contributed by atoms with Crippen molar-refractivity contribution in [1.29, 1.82) is 0 Å². The zero-order chi connectivity index (χ0) is 14.6. The van der Waals surface area contributed by atoms with Gasteiger partial charge in [0.15, 0.2) is 5.82 Å². The van der Waals surface area contributed by atoms with Crippen LogP contribution >= 0.6 is 0 Å². The molecule has 0 radical (unpaired) electrons. The van der Waals surface area contributed by atoms with Crippen molar-refractivity contribution in [2.45, 2.75) is 45.6 Å². The van der Waals surface area contributed by atoms with Crippen molar-refractivity contribution in [1.82, 2.24) is 14.5 Å². The number of hydrogen-bond donors (Lipinski definition) is 2. The van der Waals surface area contributed by atoms with Crippen molar-refractivity contribution in [2.75, 3.05) is 12.3 Å². The lowest BCUT2D eigenvalue weighted by atomic mass is 9.99. The lowest BCUT2D eigenvalue weighted by molar-refractivity contribution is 0.414. The molecule has 1 heterocycles. The molecule has 110 valence electrons. The molecule has 0 amide bonds. The second-order valence-electron chi connectivity index (χ2n) is 5.21. The second-order valence-corrected chi connectivity index (χ2v) is 6.95. The van der Waals surface area contributed by atoms with Crippen molar-refractivity contribution in [2.24, 2.45) is 11.8 Å². The Hall–Kier alpha value is -1.08. The number of sulfonamides is 1. The number of rotatable bonds is 7. The number of aromatic nitrogens is 2. The van der Waals surface area contributed by atoms with Gasteiger partial charge < -0.3 is 5.73 Å². The Morgan fingerprint density at radius 2 is 2.05 bits per heavy atom. The molecule has 0 fully saturated rings. The van der Waals surface area contributed by atoms with Crippen molar-refractivity contribution in [3.05, 3.63) is 6.20 Å². The molecule has 1 atom stereocenters. The van der Waals surface area contributed by atoms with E-state index in [-0.39, 0.29) is 16.6 Å². The molecule has 1 aromatic heterocycles. The highest BCUT2D eigenvalue weighted by atomic mass is 32.2. The third kappa shape index (κ3) is 4.21. The molecule has 7 heteroatoms. The van der Waals surface area contributed by atoms with Gasteiger partial charge in [-0.3, -0.25) is 4.68 Å². The Morgan fingerprint density at radius 3 is 2.58 bits per heavy atom. The van der Waals surface area contributed by atoms with Gasteiger partial charge in [0.1, 0.15) is 4.90 Å². The molecule has 0 aromatic carbocycles.